The van der Waals surface area contributed by atoms with E-state index in [1.165, 1.54) is 22.9 Å². The molecule has 0 atom stereocenters. The zero-order valence-corrected chi connectivity index (χ0v) is 15.7. The van der Waals surface area contributed by atoms with Gasteiger partial charge in [-0.2, -0.15) is 4.98 Å². The number of sulfone groups is 1. The first-order valence-electron chi connectivity index (χ1n) is 8.37. The molecule has 4 aromatic rings. The van der Waals surface area contributed by atoms with Crippen molar-refractivity contribution in [3.63, 3.8) is 0 Å². The molecule has 0 fully saturated rings. The number of hydrogen-bond acceptors (Lipinski definition) is 6. The van der Waals surface area contributed by atoms with E-state index in [0.29, 0.717) is 11.9 Å². The van der Waals surface area contributed by atoms with Gasteiger partial charge in [0.2, 0.25) is 15.0 Å². The molecule has 0 bridgehead atoms. The highest BCUT2D eigenvalue weighted by Gasteiger charge is 2.23. The number of nitrogen functional groups attached to an aromatic ring is 1. The summed E-state index contributed by atoms with van der Waals surface area (Å²) in [6.07, 6.45) is 0.990. The van der Waals surface area contributed by atoms with Crippen molar-refractivity contribution in [3.8, 4) is 11.3 Å². The van der Waals surface area contributed by atoms with Crippen molar-refractivity contribution in [2.75, 3.05) is 12.0 Å². The van der Waals surface area contributed by atoms with Crippen LogP contribution in [-0.4, -0.2) is 34.4 Å². The van der Waals surface area contributed by atoms with Crippen molar-refractivity contribution >= 4 is 26.7 Å². The Labute approximate surface area is 160 Å². The highest BCUT2D eigenvalue weighted by molar-refractivity contribution is 7.90. The van der Waals surface area contributed by atoms with Gasteiger partial charge < -0.3 is 5.73 Å². The Balaban J connectivity index is 2.00. The summed E-state index contributed by atoms with van der Waals surface area (Å²) in [6, 6.07) is 15.5. The lowest BCUT2D eigenvalue weighted by Gasteiger charge is -2.07. The van der Waals surface area contributed by atoms with Crippen LogP contribution in [0.3, 0.4) is 0 Å². The minimum absolute atomic E-state index is 0.0975. The van der Waals surface area contributed by atoms with Crippen LogP contribution in [0.15, 0.2) is 59.8 Å². The van der Waals surface area contributed by atoms with Crippen LogP contribution in [0, 0.1) is 5.82 Å². The molecule has 28 heavy (non-hydrogen) atoms. The van der Waals surface area contributed by atoms with E-state index in [2.05, 4.69) is 15.1 Å². The number of anilines is 1. The number of nitrogens with zero attached hydrogens (tertiary/aromatic N) is 4. The summed E-state index contributed by atoms with van der Waals surface area (Å²) >= 11 is 0. The fourth-order valence-corrected chi connectivity index (χ4v) is 3.43. The molecule has 142 valence electrons. The second-order valence-electron chi connectivity index (χ2n) is 6.33. The van der Waals surface area contributed by atoms with Gasteiger partial charge in [0, 0.05) is 11.8 Å². The molecular weight excluding hydrogens is 381 g/mol. The molecule has 0 unspecified atom stereocenters. The van der Waals surface area contributed by atoms with Gasteiger partial charge in [-0.25, -0.2) is 22.5 Å². The first-order chi connectivity index (χ1) is 13.3. The van der Waals surface area contributed by atoms with Crippen LogP contribution < -0.4 is 5.73 Å². The maximum Gasteiger partial charge on any atom is 0.249 e. The first-order valence-corrected chi connectivity index (χ1v) is 10.3. The van der Waals surface area contributed by atoms with Crippen LogP contribution in [0.4, 0.5) is 10.2 Å². The van der Waals surface area contributed by atoms with Crippen LogP contribution in [0.1, 0.15) is 5.56 Å². The van der Waals surface area contributed by atoms with Gasteiger partial charge in [0.05, 0.1) is 17.6 Å². The molecule has 2 heterocycles. The van der Waals surface area contributed by atoms with Crippen molar-refractivity contribution in [2.24, 2.45) is 0 Å². The van der Waals surface area contributed by atoms with E-state index in [-0.39, 0.29) is 22.7 Å². The Kier molecular flexibility index (Phi) is 4.31. The first kappa shape index (κ1) is 18.1. The van der Waals surface area contributed by atoms with Gasteiger partial charge in [-0.3, -0.25) is 0 Å². The van der Waals surface area contributed by atoms with Gasteiger partial charge in [0.1, 0.15) is 11.6 Å². The third kappa shape index (κ3) is 3.20. The van der Waals surface area contributed by atoms with Crippen molar-refractivity contribution < 1.29 is 12.8 Å². The maximum absolute atomic E-state index is 14.4. The number of nitrogens with two attached hydrogens (primary N) is 1. The van der Waals surface area contributed by atoms with Crippen molar-refractivity contribution in [2.45, 2.75) is 11.7 Å². The lowest BCUT2D eigenvalue weighted by Crippen LogP contribution is -2.06. The van der Waals surface area contributed by atoms with Crippen LogP contribution in [-0.2, 0) is 16.4 Å². The van der Waals surface area contributed by atoms with Gasteiger partial charge in [-0.15, -0.1) is 5.10 Å². The van der Waals surface area contributed by atoms with E-state index in [9.17, 15) is 12.8 Å². The second kappa shape index (κ2) is 6.68. The number of fused-ring (bicyclic) bond motifs is 1. The summed E-state index contributed by atoms with van der Waals surface area (Å²) in [5, 5.41) is 4.24. The minimum atomic E-state index is -3.73. The summed E-state index contributed by atoms with van der Waals surface area (Å²) in [5.41, 5.74) is 7.56. The second-order valence-corrected chi connectivity index (χ2v) is 8.24. The summed E-state index contributed by atoms with van der Waals surface area (Å²) in [7, 11) is -3.73. The number of aromatic nitrogens is 4. The average Bonchev–Trinajstić information content (AvgIpc) is 2.97. The van der Waals surface area contributed by atoms with Gasteiger partial charge in [-0.05, 0) is 17.7 Å². The largest absolute Gasteiger partial charge is 0.383 e. The zero-order chi connectivity index (χ0) is 19.9. The van der Waals surface area contributed by atoms with E-state index in [0.717, 1.165) is 11.8 Å². The highest BCUT2D eigenvalue weighted by atomic mass is 32.2. The Morgan fingerprint density at radius 1 is 1.04 bits per heavy atom. The van der Waals surface area contributed by atoms with Crippen molar-refractivity contribution in [1.82, 2.24) is 19.7 Å². The summed E-state index contributed by atoms with van der Waals surface area (Å²) in [4.78, 5) is 8.16. The van der Waals surface area contributed by atoms with E-state index >= 15 is 0 Å². The fourth-order valence-electron chi connectivity index (χ4n) is 2.93. The zero-order valence-electron chi connectivity index (χ0n) is 14.9. The van der Waals surface area contributed by atoms with Gasteiger partial charge in [-0.1, -0.05) is 42.5 Å². The molecule has 0 spiro atoms. The summed E-state index contributed by atoms with van der Waals surface area (Å²) in [6.45, 7) is 0.355. The highest BCUT2D eigenvalue weighted by Crippen LogP contribution is 2.32. The van der Waals surface area contributed by atoms with E-state index in [1.54, 1.807) is 6.07 Å². The smallest absolute Gasteiger partial charge is 0.249 e. The Morgan fingerprint density at radius 2 is 1.71 bits per heavy atom. The Morgan fingerprint density at radius 3 is 2.39 bits per heavy atom. The molecule has 4 rings (SSSR count). The van der Waals surface area contributed by atoms with Crippen LogP contribution in [0.2, 0.25) is 0 Å². The number of benzene rings is 2. The summed E-state index contributed by atoms with van der Waals surface area (Å²) in [5.74, 6) is -0.311. The molecule has 2 N–H and O–H groups in total. The standard InChI is InChI=1S/C19H16FN5O2S/c1-28(26,27)19-22-16(13-9-5-6-10-14(13)20)15-17(21)25(24-18(15)23-19)11-12-7-3-2-4-8-12/h2-10H,11,21H2,1H3. The molecule has 9 heteroatoms. The molecule has 0 aliphatic heterocycles. The van der Waals surface area contributed by atoms with Gasteiger partial charge >= 0.3 is 0 Å². The third-order valence-corrected chi connectivity index (χ3v) is 5.10. The Bertz CT molecular complexity index is 1290. The molecule has 2 aromatic heterocycles. The average molecular weight is 397 g/mol. The molecule has 0 radical (unpaired) electrons. The lowest BCUT2D eigenvalue weighted by molar-refractivity contribution is 0.593. The predicted octanol–water partition coefficient (Wildman–Crippen LogP) is 2.67. The van der Waals surface area contributed by atoms with Crippen molar-refractivity contribution in [1.29, 1.82) is 0 Å². The molecule has 0 saturated carbocycles. The monoisotopic (exact) mass is 397 g/mol. The molecule has 0 amide bonds. The van der Waals surface area contributed by atoms with Gasteiger partial charge in [0.25, 0.3) is 0 Å². The minimum Gasteiger partial charge on any atom is -0.383 e. The van der Waals surface area contributed by atoms with E-state index in [4.69, 9.17) is 5.73 Å². The predicted molar refractivity (Wildman–Crippen MR) is 104 cm³/mol. The summed E-state index contributed by atoms with van der Waals surface area (Å²) < 4.78 is 40.0. The lowest BCUT2D eigenvalue weighted by atomic mass is 10.1. The molecular formula is C19H16FN5O2S. The van der Waals surface area contributed by atoms with Crippen LogP contribution in [0.5, 0.6) is 0 Å². The van der Waals surface area contributed by atoms with Gasteiger partial charge in [0.15, 0.2) is 5.65 Å². The van der Waals surface area contributed by atoms with Crippen molar-refractivity contribution in [3.05, 3.63) is 66.0 Å². The Hall–Kier alpha value is -3.33. The number of halogens is 1. The number of hydrogen-bond donors (Lipinski definition) is 1. The molecule has 7 nitrogen and oxygen atoms in total. The van der Waals surface area contributed by atoms with Crippen LogP contribution >= 0.6 is 0 Å². The molecule has 0 aliphatic carbocycles. The van der Waals surface area contributed by atoms with E-state index in [1.807, 2.05) is 30.3 Å². The fraction of sp³-hybridized carbons (Fsp3) is 0.105. The SMILES string of the molecule is CS(=O)(=O)c1nc(-c2ccccc2F)c2c(N)n(Cc3ccccc3)nc2n1. The molecule has 2 aromatic carbocycles. The topological polar surface area (TPSA) is 104 Å². The number of rotatable bonds is 4. The quantitative estimate of drug-likeness (QED) is 0.531. The molecule has 0 aliphatic rings. The maximum atomic E-state index is 14.4. The van der Waals surface area contributed by atoms with E-state index < -0.39 is 20.8 Å². The third-order valence-electron chi connectivity index (χ3n) is 4.25. The normalized spacial score (nSPS) is 11.8. The van der Waals surface area contributed by atoms with Crippen LogP contribution in [0.25, 0.3) is 22.3 Å². The molecule has 0 saturated heterocycles.